The molecule has 0 radical (unpaired) electrons. The molecule has 1 heterocycles. The minimum atomic E-state index is -3.80. The lowest BCUT2D eigenvalue weighted by Crippen LogP contribution is -2.35. The van der Waals surface area contributed by atoms with Crippen molar-refractivity contribution in [1.82, 2.24) is 0 Å². The Balaban J connectivity index is 1.53. The average molecular weight is 459 g/mol. The van der Waals surface area contributed by atoms with E-state index in [0.29, 0.717) is 35.8 Å². The van der Waals surface area contributed by atoms with Gasteiger partial charge in [-0.05, 0) is 78.6 Å². The highest BCUT2D eigenvalue weighted by atomic mass is 35.5. The van der Waals surface area contributed by atoms with Gasteiger partial charge in [0.05, 0.1) is 17.0 Å². The minimum absolute atomic E-state index is 0.0436. The summed E-state index contributed by atoms with van der Waals surface area (Å²) in [6, 6.07) is 17.1. The number of carbonyl (C=O) groups excluding carboxylic acids is 1. The van der Waals surface area contributed by atoms with Crippen molar-refractivity contribution in [3.8, 4) is 0 Å². The van der Waals surface area contributed by atoms with Crippen LogP contribution < -0.4 is 9.62 Å². The maximum atomic E-state index is 13.2. The summed E-state index contributed by atoms with van der Waals surface area (Å²) in [5.41, 5.74) is 2.86. The lowest BCUT2D eigenvalue weighted by molar-refractivity contribution is -0.115. The molecule has 1 aliphatic rings. The Morgan fingerprint density at radius 1 is 1.03 bits per heavy atom. The van der Waals surface area contributed by atoms with Crippen molar-refractivity contribution < 1.29 is 17.6 Å². The van der Waals surface area contributed by atoms with Crippen molar-refractivity contribution in [3.63, 3.8) is 0 Å². The second-order valence-electron chi connectivity index (χ2n) is 7.33. The highest BCUT2D eigenvalue weighted by molar-refractivity contribution is 7.92. The zero-order valence-corrected chi connectivity index (χ0v) is 18.1. The van der Waals surface area contributed by atoms with Gasteiger partial charge >= 0.3 is 0 Å². The van der Waals surface area contributed by atoms with Gasteiger partial charge in [0.1, 0.15) is 5.82 Å². The number of rotatable bonds is 5. The molecule has 0 saturated carbocycles. The SMILES string of the molecule is O=C(Cc1ccc(Cl)cc1)Nc1ccc2c(c1)CCCN2S(=O)(=O)c1ccc(F)cc1. The van der Waals surface area contributed by atoms with Crippen molar-refractivity contribution >= 4 is 38.9 Å². The summed E-state index contributed by atoms with van der Waals surface area (Å²) < 4.78 is 40.7. The summed E-state index contributed by atoms with van der Waals surface area (Å²) in [5.74, 6) is -0.661. The van der Waals surface area contributed by atoms with Crippen molar-refractivity contribution in [3.05, 3.63) is 88.7 Å². The fourth-order valence-electron chi connectivity index (χ4n) is 3.62. The van der Waals surface area contributed by atoms with E-state index in [0.717, 1.165) is 23.3 Å². The molecular weight excluding hydrogens is 439 g/mol. The van der Waals surface area contributed by atoms with Crippen LogP contribution in [0.3, 0.4) is 0 Å². The van der Waals surface area contributed by atoms with Crippen molar-refractivity contribution in [2.75, 3.05) is 16.2 Å². The molecule has 0 fully saturated rings. The number of nitrogens with one attached hydrogen (secondary N) is 1. The third-order valence-corrected chi connectivity index (χ3v) is 7.20. The lowest BCUT2D eigenvalue weighted by atomic mass is 10.0. The number of aryl methyl sites for hydroxylation is 1. The minimum Gasteiger partial charge on any atom is -0.326 e. The van der Waals surface area contributed by atoms with Crippen LogP contribution in [0.1, 0.15) is 17.5 Å². The normalized spacial score (nSPS) is 13.5. The largest absolute Gasteiger partial charge is 0.326 e. The van der Waals surface area contributed by atoms with Gasteiger partial charge < -0.3 is 5.32 Å². The predicted molar refractivity (Wildman–Crippen MR) is 119 cm³/mol. The van der Waals surface area contributed by atoms with Gasteiger partial charge in [-0.15, -0.1) is 0 Å². The molecule has 1 amide bonds. The highest BCUT2D eigenvalue weighted by Gasteiger charge is 2.29. The highest BCUT2D eigenvalue weighted by Crippen LogP contribution is 2.33. The summed E-state index contributed by atoms with van der Waals surface area (Å²) in [7, 11) is -3.80. The molecule has 1 N–H and O–H groups in total. The summed E-state index contributed by atoms with van der Waals surface area (Å²) in [4.78, 5) is 12.4. The Hall–Kier alpha value is -2.90. The molecule has 0 atom stereocenters. The topological polar surface area (TPSA) is 66.5 Å². The number of fused-ring (bicyclic) bond motifs is 1. The van der Waals surface area contributed by atoms with Crippen LogP contribution in [-0.4, -0.2) is 20.9 Å². The molecule has 1 aliphatic heterocycles. The Bertz CT molecular complexity index is 1210. The molecule has 5 nitrogen and oxygen atoms in total. The molecule has 0 bridgehead atoms. The molecule has 3 aromatic rings. The molecule has 160 valence electrons. The Morgan fingerprint density at radius 3 is 2.45 bits per heavy atom. The molecule has 0 aliphatic carbocycles. The van der Waals surface area contributed by atoms with E-state index in [1.54, 1.807) is 42.5 Å². The number of nitrogens with zero attached hydrogens (tertiary/aromatic N) is 1. The number of benzene rings is 3. The number of carbonyl (C=O) groups is 1. The van der Waals surface area contributed by atoms with Crippen LogP contribution in [-0.2, 0) is 27.7 Å². The standard InChI is InChI=1S/C23H20ClFN2O3S/c24-18-5-3-16(4-6-18)14-23(28)26-20-9-12-22-17(15-20)2-1-13-27(22)31(29,30)21-10-7-19(25)8-11-21/h3-12,15H,1-2,13-14H2,(H,26,28). The molecule has 31 heavy (non-hydrogen) atoms. The number of halogens is 2. The van der Waals surface area contributed by atoms with Crippen molar-refractivity contribution in [2.45, 2.75) is 24.2 Å². The van der Waals surface area contributed by atoms with Gasteiger partial charge in [-0.3, -0.25) is 9.10 Å². The van der Waals surface area contributed by atoms with Gasteiger partial charge in [-0.25, -0.2) is 12.8 Å². The lowest BCUT2D eigenvalue weighted by Gasteiger charge is -2.31. The maximum absolute atomic E-state index is 13.2. The zero-order chi connectivity index (χ0) is 22.0. The van der Waals surface area contributed by atoms with Gasteiger partial charge in [0.2, 0.25) is 5.91 Å². The molecule has 3 aromatic carbocycles. The van der Waals surface area contributed by atoms with Crippen molar-refractivity contribution in [2.24, 2.45) is 0 Å². The number of amides is 1. The van der Waals surface area contributed by atoms with Gasteiger partial charge in [-0.2, -0.15) is 0 Å². The average Bonchev–Trinajstić information content (AvgIpc) is 2.75. The summed E-state index contributed by atoms with van der Waals surface area (Å²) >= 11 is 5.87. The fraction of sp³-hybridized carbons (Fsp3) is 0.174. The van der Waals surface area contributed by atoms with Crippen LogP contribution in [0.5, 0.6) is 0 Å². The van der Waals surface area contributed by atoms with E-state index in [9.17, 15) is 17.6 Å². The van der Waals surface area contributed by atoms with Gasteiger partial charge in [0, 0.05) is 17.3 Å². The molecule has 0 spiro atoms. The Morgan fingerprint density at radius 2 is 1.74 bits per heavy atom. The van der Waals surface area contributed by atoms with Gasteiger partial charge in [-0.1, -0.05) is 23.7 Å². The zero-order valence-electron chi connectivity index (χ0n) is 16.5. The van der Waals surface area contributed by atoms with E-state index in [-0.39, 0.29) is 17.2 Å². The number of hydrogen-bond acceptors (Lipinski definition) is 3. The summed E-state index contributed by atoms with van der Waals surface area (Å²) in [6.45, 7) is 0.342. The van der Waals surface area contributed by atoms with Crippen molar-refractivity contribution in [1.29, 1.82) is 0 Å². The van der Waals surface area contributed by atoms with Crippen LogP contribution in [0, 0.1) is 5.82 Å². The fourth-order valence-corrected chi connectivity index (χ4v) is 5.28. The van der Waals surface area contributed by atoms with E-state index in [4.69, 9.17) is 11.6 Å². The van der Waals surface area contributed by atoms with Crippen LogP contribution >= 0.6 is 11.6 Å². The van der Waals surface area contributed by atoms with E-state index in [1.807, 2.05) is 0 Å². The Kier molecular flexibility index (Phi) is 5.98. The smallest absolute Gasteiger partial charge is 0.264 e. The van der Waals surface area contributed by atoms with Crippen LogP contribution in [0.15, 0.2) is 71.6 Å². The first kappa shape index (κ1) is 21.3. The molecule has 4 rings (SSSR count). The monoisotopic (exact) mass is 458 g/mol. The third-order valence-electron chi connectivity index (χ3n) is 5.12. The maximum Gasteiger partial charge on any atom is 0.264 e. The first-order valence-electron chi connectivity index (χ1n) is 9.78. The van der Waals surface area contributed by atoms with E-state index >= 15 is 0 Å². The van der Waals surface area contributed by atoms with E-state index < -0.39 is 15.8 Å². The number of hydrogen-bond donors (Lipinski definition) is 1. The number of sulfonamides is 1. The quantitative estimate of drug-likeness (QED) is 0.597. The first-order chi connectivity index (χ1) is 14.8. The Labute approximate surface area is 185 Å². The second kappa shape index (κ2) is 8.69. The summed E-state index contributed by atoms with van der Waals surface area (Å²) in [5, 5.41) is 3.48. The third kappa shape index (κ3) is 4.73. The molecule has 8 heteroatoms. The molecule has 0 saturated heterocycles. The van der Waals surface area contributed by atoms with Crippen LogP contribution in [0.25, 0.3) is 0 Å². The van der Waals surface area contributed by atoms with Gasteiger partial charge in [0.25, 0.3) is 10.0 Å². The van der Waals surface area contributed by atoms with E-state index in [2.05, 4.69) is 5.32 Å². The second-order valence-corrected chi connectivity index (χ2v) is 9.63. The van der Waals surface area contributed by atoms with E-state index in [1.165, 1.54) is 16.4 Å². The molecule has 0 aromatic heterocycles. The van der Waals surface area contributed by atoms with Crippen LogP contribution in [0.4, 0.5) is 15.8 Å². The first-order valence-corrected chi connectivity index (χ1v) is 11.6. The molecule has 0 unspecified atom stereocenters. The van der Waals surface area contributed by atoms with Crippen LogP contribution in [0.2, 0.25) is 5.02 Å². The predicted octanol–water partition coefficient (Wildman–Crippen LogP) is 4.80. The van der Waals surface area contributed by atoms with Gasteiger partial charge in [0.15, 0.2) is 0 Å². The molecular formula is C23H20ClFN2O3S. The number of anilines is 2. The summed E-state index contributed by atoms with van der Waals surface area (Å²) in [6.07, 6.45) is 1.56.